The van der Waals surface area contributed by atoms with Gasteiger partial charge in [-0.3, -0.25) is 0 Å². The number of methoxy groups -OCH3 is 1. The molecular formula is C17H26N2O3. The summed E-state index contributed by atoms with van der Waals surface area (Å²) in [5.41, 5.74) is 1.09. The van der Waals surface area contributed by atoms with Crippen molar-refractivity contribution in [1.29, 1.82) is 0 Å². The lowest BCUT2D eigenvalue weighted by atomic mass is 10.0. The van der Waals surface area contributed by atoms with Crippen LogP contribution in [0.2, 0.25) is 0 Å². The van der Waals surface area contributed by atoms with E-state index in [0.29, 0.717) is 0 Å². The number of rotatable bonds is 4. The molecule has 22 heavy (non-hydrogen) atoms. The fraction of sp³-hybridized carbons (Fsp3) is 0.647. The molecule has 5 nitrogen and oxygen atoms in total. The minimum atomic E-state index is 0.0325. The highest BCUT2D eigenvalue weighted by Gasteiger charge is 2.25. The van der Waals surface area contributed by atoms with Crippen LogP contribution in [0, 0.1) is 0 Å². The summed E-state index contributed by atoms with van der Waals surface area (Å²) < 4.78 is 17.8. The first-order valence-corrected chi connectivity index (χ1v) is 8.12. The molecule has 0 amide bonds. The highest BCUT2D eigenvalue weighted by molar-refractivity contribution is 5.48. The van der Waals surface area contributed by atoms with Gasteiger partial charge >= 0.3 is 0 Å². The highest BCUT2D eigenvalue weighted by Crippen LogP contribution is 2.38. The van der Waals surface area contributed by atoms with Gasteiger partial charge in [-0.15, -0.1) is 0 Å². The monoisotopic (exact) mass is 306 g/mol. The Balaban J connectivity index is 1.80. The third-order valence-corrected chi connectivity index (χ3v) is 4.45. The van der Waals surface area contributed by atoms with Gasteiger partial charge in [0.05, 0.1) is 19.8 Å². The van der Waals surface area contributed by atoms with Crippen molar-refractivity contribution in [3.8, 4) is 11.5 Å². The lowest BCUT2D eigenvalue weighted by Gasteiger charge is -2.32. The molecule has 0 aromatic heterocycles. The van der Waals surface area contributed by atoms with Crippen LogP contribution in [0.15, 0.2) is 18.2 Å². The van der Waals surface area contributed by atoms with Crippen molar-refractivity contribution < 1.29 is 14.2 Å². The number of benzene rings is 1. The number of hydrogen-bond acceptors (Lipinski definition) is 5. The molecule has 2 saturated heterocycles. The summed E-state index contributed by atoms with van der Waals surface area (Å²) in [4.78, 5) is 2.34. The number of morpholine rings is 1. The predicted molar refractivity (Wildman–Crippen MR) is 85.7 cm³/mol. The quantitative estimate of drug-likeness (QED) is 0.919. The summed E-state index contributed by atoms with van der Waals surface area (Å²) in [6, 6.07) is 6.06. The number of piperidine rings is 1. The van der Waals surface area contributed by atoms with Crippen LogP contribution in [0.1, 0.15) is 24.5 Å². The van der Waals surface area contributed by atoms with Crippen LogP contribution in [-0.2, 0) is 4.74 Å². The predicted octanol–water partition coefficient (Wildman–Crippen LogP) is 1.83. The van der Waals surface area contributed by atoms with E-state index in [-0.39, 0.29) is 12.2 Å². The summed E-state index contributed by atoms with van der Waals surface area (Å²) in [7, 11) is 3.85. The molecule has 1 atom stereocenters. The maximum Gasteiger partial charge on any atom is 0.167 e. The lowest BCUT2D eigenvalue weighted by Crippen LogP contribution is -2.36. The number of ether oxygens (including phenoxy) is 3. The normalized spacial score (nSPS) is 24.2. The van der Waals surface area contributed by atoms with Gasteiger partial charge < -0.3 is 24.4 Å². The fourth-order valence-electron chi connectivity index (χ4n) is 3.11. The lowest BCUT2D eigenvalue weighted by molar-refractivity contribution is 0.0234. The zero-order chi connectivity index (χ0) is 15.4. The van der Waals surface area contributed by atoms with E-state index in [1.165, 1.54) is 0 Å². The molecule has 0 aliphatic carbocycles. The zero-order valence-corrected chi connectivity index (χ0v) is 13.5. The highest BCUT2D eigenvalue weighted by atomic mass is 16.5. The molecule has 3 rings (SSSR count). The second kappa shape index (κ2) is 7.31. The Morgan fingerprint density at radius 2 is 2.09 bits per heavy atom. The van der Waals surface area contributed by atoms with Gasteiger partial charge in [0.2, 0.25) is 0 Å². The van der Waals surface area contributed by atoms with Crippen molar-refractivity contribution in [2.24, 2.45) is 0 Å². The Hall–Kier alpha value is -1.30. The zero-order valence-electron chi connectivity index (χ0n) is 13.5. The van der Waals surface area contributed by atoms with Crippen LogP contribution in [-0.4, -0.2) is 57.9 Å². The third kappa shape index (κ3) is 3.54. The van der Waals surface area contributed by atoms with E-state index in [1.54, 1.807) is 7.11 Å². The van der Waals surface area contributed by atoms with Gasteiger partial charge in [-0.25, -0.2) is 0 Å². The third-order valence-electron chi connectivity index (χ3n) is 4.45. The first kappa shape index (κ1) is 15.6. The average molecular weight is 306 g/mol. The van der Waals surface area contributed by atoms with E-state index < -0.39 is 0 Å². The van der Waals surface area contributed by atoms with Crippen LogP contribution < -0.4 is 14.8 Å². The summed E-state index contributed by atoms with van der Waals surface area (Å²) in [6.45, 7) is 4.62. The van der Waals surface area contributed by atoms with Crippen LogP contribution in [0.25, 0.3) is 0 Å². The molecule has 122 valence electrons. The van der Waals surface area contributed by atoms with E-state index in [0.717, 1.165) is 62.7 Å². The van der Waals surface area contributed by atoms with Gasteiger partial charge in [-0.1, -0.05) is 12.1 Å². The largest absolute Gasteiger partial charge is 0.493 e. The van der Waals surface area contributed by atoms with Crippen LogP contribution in [0.5, 0.6) is 11.5 Å². The summed E-state index contributed by atoms with van der Waals surface area (Å²) in [6.07, 6.45) is 2.39. The SMILES string of the molecule is COc1cccc(C2CNCCO2)c1OC1CCN(C)CC1. The summed E-state index contributed by atoms with van der Waals surface area (Å²) in [5.74, 6) is 1.65. The smallest absolute Gasteiger partial charge is 0.167 e. The number of likely N-dealkylation sites (tertiary alicyclic amines) is 1. The molecule has 2 fully saturated rings. The maximum absolute atomic E-state index is 6.35. The molecule has 2 heterocycles. The molecule has 0 saturated carbocycles. The van der Waals surface area contributed by atoms with Gasteiger partial charge in [-0.2, -0.15) is 0 Å². The number of para-hydroxylation sites is 1. The minimum Gasteiger partial charge on any atom is -0.493 e. The van der Waals surface area contributed by atoms with Crippen molar-refractivity contribution in [3.05, 3.63) is 23.8 Å². The van der Waals surface area contributed by atoms with Crippen molar-refractivity contribution in [1.82, 2.24) is 10.2 Å². The minimum absolute atomic E-state index is 0.0325. The van der Waals surface area contributed by atoms with Gasteiger partial charge in [0.15, 0.2) is 11.5 Å². The van der Waals surface area contributed by atoms with Crippen molar-refractivity contribution in [3.63, 3.8) is 0 Å². The van der Waals surface area contributed by atoms with E-state index >= 15 is 0 Å². The molecule has 5 heteroatoms. The molecule has 1 aromatic carbocycles. The van der Waals surface area contributed by atoms with Crippen molar-refractivity contribution in [2.75, 3.05) is 46.9 Å². The number of nitrogens with one attached hydrogen (secondary N) is 1. The van der Waals surface area contributed by atoms with Gasteiger partial charge in [-0.05, 0) is 26.0 Å². The standard InChI is InChI=1S/C17H26N2O3/c1-19-9-6-13(7-10-19)22-17-14(4-3-5-15(17)20-2)16-12-18-8-11-21-16/h3-5,13,16,18H,6-12H2,1-2H3. The maximum atomic E-state index is 6.35. The summed E-state index contributed by atoms with van der Waals surface area (Å²) >= 11 is 0. The molecular weight excluding hydrogens is 280 g/mol. The second-order valence-corrected chi connectivity index (χ2v) is 6.06. The Kier molecular flexibility index (Phi) is 5.18. The molecule has 1 aromatic rings. The molecule has 0 bridgehead atoms. The number of hydrogen-bond donors (Lipinski definition) is 1. The number of nitrogens with zero attached hydrogens (tertiary/aromatic N) is 1. The van der Waals surface area contributed by atoms with E-state index in [1.807, 2.05) is 12.1 Å². The summed E-state index contributed by atoms with van der Waals surface area (Å²) in [5, 5.41) is 3.38. The van der Waals surface area contributed by atoms with Gasteiger partial charge in [0.25, 0.3) is 0 Å². The first-order chi connectivity index (χ1) is 10.8. The van der Waals surface area contributed by atoms with Crippen molar-refractivity contribution >= 4 is 0 Å². The molecule has 1 N–H and O–H groups in total. The molecule has 2 aliphatic rings. The Morgan fingerprint density at radius 3 is 2.77 bits per heavy atom. The van der Waals surface area contributed by atoms with E-state index in [4.69, 9.17) is 14.2 Å². The second-order valence-electron chi connectivity index (χ2n) is 6.06. The molecule has 0 spiro atoms. The van der Waals surface area contributed by atoms with Crippen LogP contribution in [0.3, 0.4) is 0 Å². The van der Waals surface area contributed by atoms with Gasteiger partial charge in [0, 0.05) is 31.7 Å². The first-order valence-electron chi connectivity index (χ1n) is 8.12. The van der Waals surface area contributed by atoms with E-state index in [2.05, 4.69) is 23.3 Å². The van der Waals surface area contributed by atoms with Crippen LogP contribution in [0.4, 0.5) is 0 Å². The van der Waals surface area contributed by atoms with Crippen LogP contribution >= 0.6 is 0 Å². The average Bonchev–Trinajstić information content (AvgIpc) is 2.58. The Labute approximate surface area is 132 Å². The molecule has 2 aliphatic heterocycles. The van der Waals surface area contributed by atoms with Crippen molar-refractivity contribution in [2.45, 2.75) is 25.0 Å². The van der Waals surface area contributed by atoms with E-state index in [9.17, 15) is 0 Å². The molecule has 0 radical (unpaired) electrons. The Morgan fingerprint density at radius 1 is 1.27 bits per heavy atom. The fourth-order valence-corrected chi connectivity index (χ4v) is 3.11. The Bertz CT molecular complexity index is 481. The topological polar surface area (TPSA) is 43.0 Å². The van der Waals surface area contributed by atoms with Gasteiger partial charge in [0.1, 0.15) is 6.10 Å². The molecule has 1 unspecified atom stereocenters.